The highest BCUT2D eigenvalue weighted by Gasteiger charge is 2.09. The summed E-state index contributed by atoms with van der Waals surface area (Å²) >= 11 is 8.04. The van der Waals surface area contributed by atoms with Crippen LogP contribution in [0.25, 0.3) is 0 Å². The zero-order valence-corrected chi connectivity index (χ0v) is 12.8. The van der Waals surface area contributed by atoms with Gasteiger partial charge in [-0.25, -0.2) is 0 Å². The minimum Gasteiger partial charge on any atom is -0.330 e. The first-order valence-corrected chi connectivity index (χ1v) is 7.54. The van der Waals surface area contributed by atoms with Gasteiger partial charge >= 0.3 is 0 Å². The lowest BCUT2D eigenvalue weighted by molar-refractivity contribution is 0.944. The largest absolute Gasteiger partial charge is 0.330 e. The van der Waals surface area contributed by atoms with Crippen molar-refractivity contribution in [1.82, 2.24) is 0 Å². The lowest BCUT2D eigenvalue weighted by Gasteiger charge is -2.11. The van der Waals surface area contributed by atoms with Crippen molar-refractivity contribution in [2.45, 2.75) is 30.1 Å². The van der Waals surface area contributed by atoms with Crippen molar-refractivity contribution in [1.29, 1.82) is 0 Å². The number of benzene rings is 2. The SMILES string of the molecule is Cc1ccc(Sc2c(Cl)cccc2CCN)cc1C. The molecule has 0 aliphatic carbocycles. The fraction of sp³-hybridized carbons (Fsp3) is 0.250. The van der Waals surface area contributed by atoms with E-state index in [0.717, 1.165) is 16.3 Å². The average Bonchev–Trinajstić information content (AvgIpc) is 2.38. The molecule has 0 atom stereocenters. The minimum absolute atomic E-state index is 0.640. The third kappa shape index (κ3) is 3.53. The van der Waals surface area contributed by atoms with Crippen molar-refractivity contribution in [3.05, 3.63) is 58.1 Å². The summed E-state index contributed by atoms with van der Waals surface area (Å²) in [5.41, 5.74) is 9.50. The predicted octanol–water partition coefficient (Wildman–Crippen LogP) is 4.61. The maximum atomic E-state index is 6.32. The quantitative estimate of drug-likeness (QED) is 0.890. The number of rotatable bonds is 4. The number of nitrogens with two attached hydrogens (primary N) is 1. The van der Waals surface area contributed by atoms with Crippen molar-refractivity contribution >= 4 is 23.4 Å². The van der Waals surface area contributed by atoms with Gasteiger partial charge in [-0.15, -0.1) is 0 Å². The van der Waals surface area contributed by atoms with Crippen LogP contribution in [0.3, 0.4) is 0 Å². The van der Waals surface area contributed by atoms with Crippen molar-refractivity contribution < 1.29 is 0 Å². The van der Waals surface area contributed by atoms with Gasteiger partial charge in [0, 0.05) is 9.79 Å². The van der Waals surface area contributed by atoms with E-state index in [9.17, 15) is 0 Å². The van der Waals surface area contributed by atoms with Crippen LogP contribution in [0, 0.1) is 13.8 Å². The third-order valence-electron chi connectivity index (χ3n) is 3.16. The molecule has 0 amide bonds. The summed E-state index contributed by atoms with van der Waals surface area (Å²) in [5, 5.41) is 0.800. The maximum Gasteiger partial charge on any atom is 0.0548 e. The van der Waals surface area contributed by atoms with Crippen LogP contribution in [0.1, 0.15) is 16.7 Å². The fourth-order valence-electron chi connectivity index (χ4n) is 1.92. The molecule has 2 aromatic carbocycles. The van der Waals surface area contributed by atoms with E-state index < -0.39 is 0 Å². The molecular formula is C16H18ClNS. The van der Waals surface area contributed by atoms with Crippen LogP contribution in [-0.2, 0) is 6.42 Å². The van der Waals surface area contributed by atoms with E-state index in [-0.39, 0.29) is 0 Å². The second-order valence-corrected chi connectivity index (χ2v) is 6.11. The molecule has 19 heavy (non-hydrogen) atoms. The van der Waals surface area contributed by atoms with Gasteiger partial charge in [0.05, 0.1) is 5.02 Å². The van der Waals surface area contributed by atoms with E-state index in [4.69, 9.17) is 17.3 Å². The Balaban J connectivity index is 2.34. The highest BCUT2D eigenvalue weighted by atomic mass is 35.5. The van der Waals surface area contributed by atoms with E-state index >= 15 is 0 Å². The van der Waals surface area contributed by atoms with Crippen LogP contribution in [0.4, 0.5) is 0 Å². The van der Waals surface area contributed by atoms with Crippen molar-refractivity contribution in [3.8, 4) is 0 Å². The van der Waals surface area contributed by atoms with E-state index in [1.54, 1.807) is 11.8 Å². The van der Waals surface area contributed by atoms with E-state index in [2.05, 4.69) is 38.1 Å². The van der Waals surface area contributed by atoms with Gasteiger partial charge in [-0.1, -0.05) is 41.6 Å². The Kier molecular flexibility index (Phi) is 4.92. The second-order valence-electron chi connectivity index (χ2n) is 4.61. The van der Waals surface area contributed by atoms with Crippen LogP contribution in [0.5, 0.6) is 0 Å². The molecule has 2 N–H and O–H groups in total. The van der Waals surface area contributed by atoms with Crippen molar-refractivity contribution in [2.75, 3.05) is 6.54 Å². The molecule has 0 aliphatic heterocycles. The highest BCUT2D eigenvalue weighted by Crippen LogP contribution is 2.36. The monoisotopic (exact) mass is 291 g/mol. The van der Waals surface area contributed by atoms with Gasteiger partial charge < -0.3 is 5.73 Å². The molecule has 0 spiro atoms. The Labute approximate surface area is 124 Å². The first-order chi connectivity index (χ1) is 9.11. The normalized spacial score (nSPS) is 10.7. The topological polar surface area (TPSA) is 26.0 Å². The molecule has 0 aromatic heterocycles. The second kappa shape index (κ2) is 6.47. The molecular weight excluding hydrogens is 274 g/mol. The molecule has 0 radical (unpaired) electrons. The van der Waals surface area contributed by atoms with Gasteiger partial charge in [-0.2, -0.15) is 0 Å². The summed E-state index contributed by atoms with van der Waals surface area (Å²) in [4.78, 5) is 2.34. The molecule has 0 bridgehead atoms. The standard InChI is InChI=1S/C16H18ClNS/c1-11-6-7-14(10-12(11)2)19-16-13(8-9-18)4-3-5-15(16)17/h3-7,10H,8-9,18H2,1-2H3. The third-order valence-corrected chi connectivity index (χ3v) is 4.76. The highest BCUT2D eigenvalue weighted by molar-refractivity contribution is 7.99. The zero-order valence-electron chi connectivity index (χ0n) is 11.2. The molecule has 2 aromatic rings. The van der Waals surface area contributed by atoms with Crippen molar-refractivity contribution in [3.63, 3.8) is 0 Å². The molecule has 0 aliphatic rings. The summed E-state index contributed by atoms with van der Waals surface area (Å²) in [6, 6.07) is 12.5. The van der Waals surface area contributed by atoms with Gasteiger partial charge in [0.15, 0.2) is 0 Å². The lowest BCUT2D eigenvalue weighted by atomic mass is 10.1. The molecule has 2 rings (SSSR count). The molecule has 0 heterocycles. The Bertz CT molecular complexity index is 581. The first-order valence-electron chi connectivity index (χ1n) is 6.34. The molecule has 0 fully saturated rings. The Morgan fingerprint density at radius 1 is 1.11 bits per heavy atom. The van der Waals surface area contributed by atoms with Gasteiger partial charge in [0.2, 0.25) is 0 Å². The maximum absolute atomic E-state index is 6.32. The Hall–Kier alpha value is -0.960. The van der Waals surface area contributed by atoms with Crippen molar-refractivity contribution in [2.24, 2.45) is 5.73 Å². The van der Waals surface area contributed by atoms with Gasteiger partial charge in [-0.05, 0) is 61.7 Å². The number of hydrogen-bond donors (Lipinski definition) is 1. The van der Waals surface area contributed by atoms with Crippen LogP contribution in [0.15, 0.2) is 46.2 Å². The average molecular weight is 292 g/mol. The summed E-state index contributed by atoms with van der Waals surface area (Å²) in [5.74, 6) is 0. The first kappa shape index (κ1) is 14.4. The summed E-state index contributed by atoms with van der Waals surface area (Å²) in [6.45, 7) is 4.90. The van der Waals surface area contributed by atoms with Crippen LogP contribution in [0.2, 0.25) is 5.02 Å². The summed E-state index contributed by atoms with van der Waals surface area (Å²) in [6.07, 6.45) is 0.855. The number of hydrogen-bond acceptors (Lipinski definition) is 2. The Morgan fingerprint density at radius 3 is 2.58 bits per heavy atom. The van der Waals surface area contributed by atoms with Gasteiger partial charge in [0.1, 0.15) is 0 Å². The number of aryl methyl sites for hydroxylation is 2. The molecule has 0 unspecified atom stereocenters. The summed E-state index contributed by atoms with van der Waals surface area (Å²) in [7, 11) is 0. The lowest BCUT2D eigenvalue weighted by Crippen LogP contribution is -2.03. The minimum atomic E-state index is 0.640. The smallest absolute Gasteiger partial charge is 0.0548 e. The van der Waals surface area contributed by atoms with Crippen LogP contribution < -0.4 is 5.73 Å². The van der Waals surface area contributed by atoms with E-state index in [0.29, 0.717) is 6.54 Å². The fourth-order valence-corrected chi connectivity index (χ4v) is 3.30. The van der Waals surface area contributed by atoms with Crippen LogP contribution >= 0.6 is 23.4 Å². The molecule has 0 saturated heterocycles. The summed E-state index contributed by atoms with van der Waals surface area (Å²) < 4.78 is 0. The number of halogens is 1. The van der Waals surface area contributed by atoms with Gasteiger partial charge in [0.25, 0.3) is 0 Å². The Morgan fingerprint density at radius 2 is 1.89 bits per heavy atom. The zero-order chi connectivity index (χ0) is 13.8. The van der Waals surface area contributed by atoms with E-state index in [1.807, 2.05) is 12.1 Å². The molecule has 100 valence electrons. The van der Waals surface area contributed by atoms with Crippen LogP contribution in [-0.4, -0.2) is 6.54 Å². The van der Waals surface area contributed by atoms with E-state index in [1.165, 1.54) is 21.6 Å². The predicted molar refractivity (Wildman–Crippen MR) is 84.2 cm³/mol. The molecule has 0 saturated carbocycles. The molecule has 3 heteroatoms. The van der Waals surface area contributed by atoms with Gasteiger partial charge in [-0.3, -0.25) is 0 Å². The molecule has 1 nitrogen and oxygen atoms in total.